The van der Waals surface area contributed by atoms with Gasteiger partial charge >= 0.3 is 0 Å². The second-order valence-electron chi connectivity index (χ2n) is 4.27. The van der Waals surface area contributed by atoms with Crippen molar-refractivity contribution in [1.82, 2.24) is 10.2 Å². The fourth-order valence-corrected chi connectivity index (χ4v) is 1.38. The number of hydrogen-bond donors (Lipinski definition) is 1. The summed E-state index contributed by atoms with van der Waals surface area (Å²) in [4.78, 5) is 35.3. The maximum absolute atomic E-state index is 11.9. The number of nitrogens with one attached hydrogen (secondary N) is 1. The van der Waals surface area contributed by atoms with Gasteiger partial charge in [-0.15, -0.1) is 5.11 Å². The molecule has 0 aromatic rings. The monoisotopic (exact) mass is 252 g/mol. The third-order valence-electron chi connectivity index (χ3n) is 2.16. The molecule has 0 aliphatic carbocycles. The first-order valence-electron chi connectivity index (χ1n) is 5.57. The predicted octanol–water partition coefficient (Wildman–Crippen LogP) is -0.113. The summed E-state index contributed by atoms with van der Waals surface area (Å²) in [6.07, 6.45) is 2.56. The zero-order valence-corrected chi connectivity index (χ0v) is 10.6. The molecule has 1 aliphatic heterocycles. The molecule has 7 nitrogen and oxygen atoms in total. The lowest BCUT2D eigenvalue weighted by Crippen LogP contribution is -2.43. The molecular formula is C11H16N4O3. The van der Waals surface area contributed by atoms with Crippen LogP contribution in [0.15, 0.2) is 22.4 Å². The second kappa shape index (κ2) is 6.04. The normalized spacial score (nSPS) is 18.0. The van der Waals surface area contributed by atoms with Crippen LogP contribution in [0.4, 0.5) is 0 Å². The van der Waals surface area contributed by atoms with E-state index in [1.165, 1.54) is 24.1 Å². The quantitative estimate of drug-likeness (QED) is 0.756. The van der Waals surface area contributed by atoms with Crippen molar-refractivity contribution in [2.75, 3.05) is 13.6 Å². The average molecular weight is 252 g/mol. The highest BCUT2D eigenvalue weighted by Gasteiger charge is 2.23. The molecule has 0 fully saturated rings. The van der Waals surface area contributed by atoms with Crippen LogP contribution < -0.4 is 5.32 Å². The molecule has 0 aromatic carbocycles. The van der Waals surface area contributed by atoms with Crippen LogP contribution >= 0.6 is 0 Å². The molecule has 1 N–H and O–H groups in total. The molecule has 1 atom stereocenters. The van der Waals surface area contributed by atoms with Crippen molar-refractivity contribution >= 4 is 17.7 Å². The second-order valence-corrected chi connectivity index (χ2v) is 4.27. The van der Waals surface area contributed by atoms with E-state index in [0.29, 0.717) is 0 Å². The van der Waals surface area contributed by atoms with Crippen LogP contribution in [0.25, 0.3) is 0 Å². The maximum atomic E-state index is 11.9. The summed E-state index contributed by atoms with van der Waals surface area (Å²) >= 11 is 0. The van der Waals surface area contributed by atoms with E-state index in [1.54, 1.807) is 0 Å². The van der Waals surface area contributed by atoms with Crippen molar-refractivity contribution in [2.45, 2.75) is 25.9 Å². The largest absolute Gasteiger partial charge is 0.352 e. The SMILES string of the molecule is CC(C)NC(=O)CN(C)C(=O)C1C=CC(=O)N=N1. The number of nitrogens with zero attached hydrogens (tertiary/aromatic N) is 3. The van der Waals surface area contributed by atoms with Gasteiger partial charge in [-0.05, 0) is 19.9 Å². The summed E-state index contributed by atoms with van der Waals surface area (Å²) in [6, 6.07) is -0.799. The summed E-state index contributed by atoms with van der Waals surface area (Å²) in [5.41, 5.74) is 0. The van der Waals surface area contributed by atoms with Crippen molar-refractivity contribution in [3.05, 3.63) is 12.2 Å². The van der Waals surface area contributed by atoms with E-state index >= 15 is 0 Å². The first-order chi connectivity index (χ1) is 8.40. The Balaban J connectivity index is 2.52. The summed E-state index contributed by atoms with van der Waals surface area (Å²) in [6.45, 7) is 3.62. The fourth-order valence-electron chi connectivity index (χ4n) is 1.38. The molecule has 0 saturated heterocycles. The minimum atomic E-state index is -0.820. The molecule has 7 heteroatoms. The molecule has 3 amide bonds. The van der Waals surface area contributed by atoms with E-state index in [2.05, 4.69) is 15.5 Å². The zero-order chi connectivity index (χ0) is 13.7. The van der Waals surface area contributed by atoms with E-state index in [4.69, 9.17) is 0 Å². The van der Waals surface area contributed by atoms with E-state index in [-0.39, 0.29) is 24.4 Å². The van der Waals surface area contributed by atoms with Crippen molar-refractivity contribution in [3.8, 4) is 0 Å². The standard InChI is InChI=1S/C11H16N4O3/c1-7(2)12-10(17)6-15(3)11(18)8-4-5-9(16)14-13-8/h4-5,7-8H,6H2,1-3H3,(H,12,17). The van der Waals surface area contributed by atoms with Crippen molar-refractivity contribution < 1.29 is 14.4 Å². The Morgan fingerprint density at radius 3 is 2.67 bits per heavy atom. The van der Waals surface area contributed by atoms with Crippen LogP contribution in [0, 0.1) is 0 Å². The summed E-state index contributed by atoms with van der Waals surface area (Å²) in [5.74, 6) is -1.10. The van der Waals surface area contributed by atoms with Crippen LogP contribution in [0.5, 0.6) is 0 Å². The van der Waals surface area contributed by atoms with Gasteiger partial charge in [-0.2, -0.15) is 5.11 Å². The summed E-state index contributed by atoms with van der Waals surface area (Å²) in [5, 5.41) is 9.54. The van der Waals surface area contributed by atoms with Gasteiger partial charge in [0.25, 0.3) is 11.8 Å². The first-order valence-corrected chi connectivity index (χ1v) is 5.57. The minimum absolute atomic E-state index is 0.0212. The van der Waals surface area contributed by atoms with Crippen molar-refractivity contribution in [1.29, 1.82) is 0 Å². The first kappa shape index (κ1) is 14.0. The Hall–Kier alpha value is -2.05. The number of likely N-dealkylation sites (N-methyl/N-ethyl adjacent to an activating group) is 1. The fraction of sp³-hybridized carbons (Fsp3) is 0.545. The third-order valence-corrected chi connectivity index (χ3v) is 2.16. The molecule has 0 saturated carbocycles. The van der Waals surface area contributed by atoms with Crippen LogP contribution in [0.1, 0.15) is 13.8 Å². The van der Waals surface area contributed by atoms with Crippen molar-refractivity contribution in [2.24, 2.45) is 10.2 Å². The summed E-state index contributed by atoms with van der Waals surface area (Å²) in [7, 11) is 1.50. The van der Waals surface area contributed by atoms with Gasteiger partial charge in [0, 0.05) is 19.2 Å². The van der Waals surface area contributed by atoms with Gasteiger partial charge in [-0.1, -0.05) is 0 Å². The maximum Gasteiger partial charge on any atom is 0.287 e. The van der Waals surface area contributed by atoms with Gasteiger partial charge in [-0.3, -0.25) is 14.4 Å². The molecule has 0 spiro atoms. The Bertz CT molecular complexity index is 399. The molecule has 1 unspecified atom stereocenters. The molecule has 1 rings (SSSR count). The zero-order valence-electron chi connectivity index (χ0n) is 10.6. The molecule has 1 aliphatic rings. The van der Waals surface area contributed by atoms with Crippen LogP contribution in [-0.2, 0) is 14.4 Å². The van der Waals surface area contributed by atoms with E-state index in [0.717, 1.165) is 0 Å². The lowest BCUT2D eigenvalue weighted by Gasteiger charge is -2.20. The number of azo groups is 1. The third kappa shape index (κ3) is 4.08. The van der Waals surface area contributed by atoms with Gasteiger partial charge in [0.05, 0.1) is 6.54 Å². The highest BCUT2D eigenvalue weighted by molar-refractivity contribution is 5.93. The Morgan fingerprint density at radius 1 is 1.50 bits per heavy atom. The highest BCUT2D eigenvalue weighted by Crippen LogP contribution is 2.05. The Labute approximate surface area is 105 Å². The van der Waals surface area contributed by atoms with Gasteiger partial charge in [0.1, 0.15) is 0 Å². The van der Waals surface area contributed by atoms with E-state index < -0.39 is 11.9 Å². The van der Waals surface area contributed by atoms with Gasteiger partial charge in [-0.25, -0.2) is 0 Å². The van der Waals surface area contributed by atoms with Crippen LogP contribution in [0.2, 0.25) is 0 Å². The average Bonchev–Trinajstić information content (AvgIpc) is 2.27. The molecule has 1 heterocycles. The molecule has 18 heavy (non-hydrogen) atoms. The Kier molecular flexibility index (Phi) is 4.70. The van der Waals surface area contributed by atoms with Gasteiger partial charge in [0.15, 0.2) is 6.04 Å². The smallest absolute Gasteiger partial charge is 0.287 e. The lowest BCUT2D eigenvalue weighted by atomic mass is 10.2. The Morgan fingerprint density at radius 2 is 2.17 bits per heavy atom. The number of hydrogen-bond acceptors (Lipinski definition) is 4. The molecule has 0 radical (unpaired) electrons. The van der Waals surface area contributed by atoms with E-state index in [9.17, 15) is 14.4 Å². The molecule has 0 aromatic heterocycles. The summed E-state index contributed by atoms with van der Waals surface area (Å²) < 4.78 is 0. The van der Waals surface area contributed by atoms with Crippen LogP contribution in [-0.4, -0.2) is 48.3 Å². The number of rotatable bonds is 4. The number of carbonyl (C=O) groups is 3. The lowest BCUT2D eigenvalue weighted by molar-refractivity contribution is -0.135. The van der Waals surface area contributed by atoms with Gasteiger partial charge < -0.3 is 10.2 Å². The topological polar surface area (TPSA) is 91.2 Å². The molecule has 98 valence electrons. The minimum Gasteiger partial charge on any atom is -0.352 e. The van der Waals surface area contributed by atoms with Gasteiger partial charge in [0.2, 0.25) is 5.91 Å². The van der Waals surface area contributed by atoms with E-state index in [1.807, 2.05) is 13.8 Å². The molecular weight excluding hydrogens is 236 g/mol. The van der Waals surface area contributed by atoms with Crippen molar-refractivity contribution in [3.63, 3.8) is 0 Å². The number of carbonyl (C=O) groups excluding carboxylic acids is 3. The number of amides is 3. The van der Waals surface area contributed by atoms with Crippen LogP contribution in [0.3, 0.4) is 0 Å². The predicted molar refractivity (Wildman–Crippen MR) is 63.7 cm³/mol. The highest BCUT2D eigenvalue weighted by atomic mass is 16.2. The molecule has 0 bridgehead atoms.